The van der Waals surface area contributed by atoms with Gasteiger partial charge in [-0.25, -0.2) is 4.98 Å². The summed E-state index contributed by atoms with van der Waals surface area (Å²) in [4.78, 5) is 18.0. The Morgan fingerprint density at radius 1 is 0.906 bits per heavy atom. The number of fused-ring (bicyclic) bond motifs is 1. The molecule has 1 amide bonds. The minimum atomic E-state index is -0.155. The molecule has 4 rings (SSSR count). The number of amides is 1. The molecule has 0 fully saturated rings. The van der Waals surface area contributed by atoms with Gasteiger partial charge in [0.15, 0.2) is 0 Å². The number of nitrogens with zero attached hydrogens (tertiary/aromatic N) is 2. The Labute approximate surface area is 190 Å². The number of imidazole rings is 1. The number of rotatable bonds is 9. The number of hydrogen-bond donors (Lipinski definition) is 1. The van der Waals surface area contributed by atoms with Gasteiger partial charge in [0.05, 0.1) is 17.0 Å². The second kappa shape index (κ2) is 10.3. The molecule has 1 unspecified atom stereocenters. The van der Waals surface area contributed by atoms with Crippen LogP contribution in [0.4, 0.5) is 5.69 Å². The van der Waals surface area contributed by atoms with E-state index < -0.39 is 0 Å². The zero-order chi connectivity index (χ0) is 22.3. The summed E-state index contributed by atoms with van der Waals surface area (Å²) in [7, 11) is 0. The summed E-state index contributed by atoms with van der Waals surface area (Å²) in [6, 6.07) is 26.5. The second-order valence-corrected chi connectivity index (χ2v) is 8.19. The van der Waals surface area contributed by atoms with Crippen molar-refractivity contribution in [2.24, 2.45) is 0 Å². The fourth-order valence-electron chi connectivity index (χ4n) is 4.37. The molecule has 1 aromatic heterocycles. The molecule has 0 aliphatic heterocycles. The van der Waals surface area contributed by atoms with Gasteiger partial charge in [0, 0.05) is 18.7 Å². The van der Waals surface area contributed by atoms with Gasteiger partial charge in [-0.2, -0.15) is 0 Å². The summed E-state index contributed by atoms with van der Waals surface area (Å²) in [5.41, 5.74) is 5.33. The number of para-hydroxylation sites is 3. The lowest BCUT2D eigenvalue weighted by atomic mass is 9.95. The number of anilines is 1. The topological polar surface area (TPSA) is 46.9 Å². The van der Waals surface area contributed by atoms with Gasteiger partial charge in [0.25, 0.3) is 0 Å². The van der Waals surface area contributed by atoms with Gasteiger partial charge >= 0.3 is 0 Å². The normalized spacial score (nSPS) is 12.1. The van der Waals surface area contributed by atoms with Gasteiger partial charge in [-0.05, 0) is 48.6 Å². The van der Waals surface area contributed by atoms with E-state index in [4.69, 9.17) is 4.98 Å². The molecule has 164 valence electrons. The van der Waals surface area contributed by atoms with Crippen LogP contribution < -0.4 is 5.32 Å². The van der Waals surface area contributed by atoms with Gasteiger partial charge in [-0.15, -0.1) is 0 Å². The third-order valence-electron chi connectivity index (χ3n) is 6.00. The Balaban J connectivity index is 1.53. The van der Waals surface area contributed by atoms with E-state index in [-0.39, 0.29) is 11.8 Å². The van der Waals surface area contributed by atoms with Crippen molar-refractivity contribution in [3.05, 3.63) is 95.8 Å². The van der Waals surface area contributed by atoms with E-state index >= 15 is 0 Å². The molecule has 0 radical (unpaired) electrons. The molecule has 0 aliphatic carbocycles. The highest BCUT2D eigenvalue weighted by Gasteiger charge is 2.19. The first-order valence-corrected chi connectivity index (χ1v) is 11.6. The van der Waals surface area contributed by atoms with Crippen molar-refractivity contribution in [2.75, 3.05) is 5.32 Å². The van der Waals surface area contributed by atoms with E-state index in [2.05, 4.69) is 48.0 Å². The van der Waals surface area contributed by atoms with E-state index in [1.165, 1.54) is 5.52 Å². The smallest absolute Gasteiger partial charge is 0.231 e. The lowest BCUT2D eigenvalue weighted by Gasteiger charge is -2.17. The lowest BCUT2D eigenvalue weighted by Crippen LogP contribution is -2.21. The van der Waals surface area contributed by atoms with Crippen molar-refractivity contribution < 1.29 is 4.79 Å². The molecule has 0 spiro atoms. The third kappa shape index (κ3) is 4.75. The zero-order valence-corrected chi connectivity index (χ0v) is 18.9. The predicted molar refractivity (Wildman–Crippen MR) is 132 cm³/mol. The summed E-state index contributed by atoms with van der Waals surface area (Å²) in [6.45, 7) is 5.21. The number of aryl methyl sites for hydroxylation is 3. The molecule has 4 nitrogen and oxygen atoms in total. The van der Waals surface area contributed by atoms with E-state index in [0.29, 0.717) is 0 Å². The molecule has 0 bridgehead atoms. The molecule has 3 aromatic carbocycles. The Hall–Kier alpha value is -3.40. The van der Waals surface area contributed by atoms with E-state index in [0.717, 1.165) is 60.4 Å². The summed E-state index contributed by atoms with van der Waals surface area (Å²) < 4.78 is 2.33. The maximum atomic E-state index is 13.1. The first-order valence-electron chi connectivity index (χ1n) is 11.6. The van der Waals surface area contributed by atoms with Crippen LogP contribution in [0.2, 0.25) is 0 Å². The Morgan fingerprint density at radius 3 is 2.41 bits per heavy atom. The van der Waals surface area contributed by atoms with Gasteiger partial charge < -0.3 is 9.88 Å². The van der Waals surface area contributed by atoms with Gasteiger partial charge in [-0.3, -0.25) is 4.79 Å². The van der Waals surface area contributed by atoms with Gasteiger partial charge in [-0.1, -0.05) is 74.5 Å². The summed E-state index contributed by atoms with van der Waals surface area (Å²) in [5.74, 6) is 0.993. The second-order valence-electron chi connectivity index (χ2n) is 8.19. The van der Waals surface area contributed by atoms with Crippen molar-refractivity contribution >= 4 is 22.6 Å². The first kappa shape index (κ1) is 21.8. The highest BCUT2D eigenvalue weighted by atomic mass is 16.1. The fraction of sp³-hybridized carbons (Fsp3) is 0.286. The van der Waals surface area contributed by atoms with Crippen molar-refractivity contribution in [3.8, 4) is 0 Å². The van der Waals surface area contributed by atoms with Crippen LogP contribution in [0, 0.1) is 0 Å². The standard InChI is InChI=1S/C28H31N3O/c1-3-20-31-26-17-11-10-16-25(26)29-27(31)19-18-22-14-8-9-15-24(22)30-28(32)23(4-2)21-12-6-5-7-13-21/h5-17,23H,3-4,18-20H2,1-2H3,(H,30,32). The maximum Gasteiger partial charge on any atom is 0.231 e. The molecule has 4 aromatic rings. The third-order valence-corrected chi connectivity index (χ3v) is 6.00. The van der Waals surface area contributed by atoms with Crippen molar-refractivity contribution in [3.63, 3.8) is 0 Å². The number of hydrogen-bond acceptors (Lipinski definition) is 2. The number of nitrogens with one attached hydrogen (secondary N) is 1. The number of benzene rings is 3. The van der Waals surface area contributed by atoms with Crippen LogP contribution >= 0.6 is 0 Å². The highest BCUT2D eigenvalue weighted by Crippen LogP contribution is 2.25. The molecule has 0 saturated heterocycles. The number of carbonyl (C=O) groups is 1. The van der Waals surface area contributed by atoms with Crippen LogP contribution in [0.15, 0.2) is 78.9 Å². The molecule has 1 N–H and O–H groups in total. The first-order chi connectivity index (χ1) is 15.7. The molecule has 1 atom stereocenters. The molecule has 0 aliphatic rings. The van der Waals surface area contributed by atoms with Crippen LogP contribution in [-0.2, 0) is 24.2 Å². The molecular formula is C28H31N3O. The predicted octanol–water partition coefficient (Wildman–Crippen LogP) is 6.36. The zero-order valence-electron chi connectivity index (χ0n) is 18.9. The van der Waals surface area contributed by atoms with Crippen molar-refractivity contribution in [1.29, 1.82) is 0 Å². The number of aromatic nitrogens is 2. The van der Waals surface area contributed by atoms with Crippen LogP contribution in [0.3, 0.4) is 0 Å². The Bertz CT molecular complexity index is 1180. The van der Waals surface area contributed by atoms with Gasteiger partial charge in [0.2, 0.25) is 5.91 Å². The summed E-state index contributed by atoms with van der Waals surface area (Å²) >= 11 is 0. The minimum Gasteiger partial charge on any atom is -0.328 e. The molecule has 4 heteroatoms. The minimum absolute atomic E-state index is 0.0457. The van der Waals surface area contributed by atoms with Crippen molar-refractivity contribution in [2.45, 2.75) is 52.0 Å². The highest BCUT2D eigenvalue weighted by molar-refractivity contribution is 5.96. The Kier molecular flexibility index (Phi) is 7.00. The fourth-order valence-corrected chi connectivity index (χ4v) is 4.37. The maximum absolute atomic E-state index is 13.1. The summed E-state index contributed by atoms with van der Waals surface area (Å²) in [5, 5.41) is 3.20. The van der Waals surface area contributed by atoms with Crippen LogP contribution in [0.5, 0.6) is 0 Å². The van der Waals surface area contributed by atoms with E-state index in [1.54, 1.807) is 0 Å². The number of carbonyl (C=O) groups excluding carboxylic acids is 1. The quantitative estimate of drug-likeness (QED) is 0.339. The average molecular weight is 426 g/mol. The molecule has 0 saturated carbocycles. The monoisotopic (exact) mass is 425 g/mol. The SMILES string of the molecule is CCCn1c(CCc2ccccc2NC(=O)C(CC)c2ccccc2)nc2ccccc21. The molecular weight excluding hydrogens is 394 g/mol. The van der Waals surface area contributed by atoms with Crippen LogP contribution in [0.25, 0.3) is 11.0 Å². The van der Waals surface area contributed by atoms with E-state index in [9.17, 15) is 4.79 Å². The Morgan fingerprint density at radius 2 is 1.62 bits per heavy atom. The largest absolute Gasteiger partial charge is 0.328 e. The van der Waals surface area contributed by atoms with Gasteiger partial charge in [0.1, 0.15) is 5.82 Å². The lowest BCUT2D eigenvalue weighted by molar-refractivity contribution is -0.117. The van der Waals surface area contributed by atoms with Crippen molar-refractivity contribution in [1.82, 2.24) is 9.55 Å². The molecule has 1 heterocycles. The average Bonchev–Trinajstić information content (AvgIpc) is 3.17. The summed E-state index contributed by atoms with van der Waals surface area (Å²) in [6.07, 6.45) is 3.49. The molecule has 32 heavy (non-hydrogen) atoms. The van der Waals surface area contributed by atoms with E-state index in [1.807, 2.05) is 54.6 Å². The van der Waals surface area contributed by atoms with Crippen LogP contribution in [-0.4, -0.2) is 15.5 Å². The van der Waals surface area contributed by atoms with Crippen LogP contribution in [0.1, 0.15) is 49.6 Å².